The first kappa shape index (κ1) is 19.2. The van der Waals surface area contributed by atoms with Gasteiger partial charge in [-0.25, -0.2) is 0 Å². The van der Waals surface area contributed by atoms with E-state index in [4.69, 9.17) is 23.2 Å². The van der Waals surface area contributed by atoms with Crippen LogP contribution in [0.25, 0.3) is 6.08 Å². The van der Waals surface area contributed by atoms with E-state index in [-0.39, 0.29) is 11.6 Å². The summed E-state index contributed by atoms with van der Waals surface area (Å²) in [6, 6.07) is 11.8. The van der Waals surface area contributed by atoms with Gasteiger partial charge in [-0.15, -0.1) is 0 Å². The molecule has 2 aromatic carbocycles. The van der Waals surface area contributed by atoms with Crippen molar-refractivity contribution in [3.63, 3.8) is 0 Å². The second-order valence-corrected chi connectivity index (χ2v) is 6.91. The predicted molar refractivity (Wildman–Crippen MR) is 107 cm³/mol. The Morgan fingerprint density at radius 1 is 1.04 bits per heavy atom. The van der Waals surface area contributed by atoms with Gasteiger partial charge in [0.25, 0.3) is 5.69 Å². The first-order valence-electron chi connectivity index (χ1n) is 8.36. The highest BCUT2D eigenvalue weighted by atomic mass is 35.5. The maximum Gasteiger partial charge on any atom is 0.294 e. The standard InChI is InChI=1S/C19H17Cl2N3O3/c20-15-7-4-14(5-8-15)6-9-18(25)22-10-12-23(13-11-22)19-16(21)2-1-3-17(19)24(26)27/h1-9H,10-13H2/b9-6+. The Bertz CT molecular complexity index is 876. The number of nitro benzene ring substituents is 1. The molecule has 0 N–H and O–H groups in total. The van der Waals surface area contributed by atoms with Crippen LogP contribution in [-0.2, 0) is 4.79 Å². The quantitative estimate of drug-likeness (QED) is 0.432. The highest BCUT2D eigenvalue weighted by molar-refractivity contribution is 6.33. The molecule has 1 aliphatic rings. The van der Waals surface area contributed by atoms with E-state index in [0.717, 1.165) is 5.56 Å². The summed E-state index contributed by atoms with van der Waals surface area (Å²) in [6.45, 7) is 1.88. The van der Waals surface area contributed by atoms with Gasteiger partial charge in [-0.05, 0) is 29.8 Å². The van der Waals surface area contributed by atoms with Crippen LogP contribution >= 0.6 is 23.2 Å². The van der Waals surface area contributed by atoms with Gasteiger partial charge in [0.1, 0.15) is 5.69 Å². The number of anilines is 1. The fourth-order valence-electron chi connectivity index (χ4n) is 2.96. The highest BCUT2D eigenvalue weighted by Crippen LogP contribution is 2.35. The monoisotopic (exact) mass is 405 g/mol. The summed E-state index contributed by atoms with van der Waals surface area (Å²) < 4.78 is 0. The average Bonchev–Trinajstić information content (AvgIpc) is 2.67. The second kappa shape index (κ2) is 8.41. The largest absolute Gasteiger partial charge is 0.361 e. The van der Waals surface area contributed by atoms with Crippen molar-refractivity contribution < 1.29 is 9.72 Å². The molecule has 27 heavy (non-hydrogen) atoms. The molecule has 0 aliphatic carbocycles. The van der Waals surface area contributed by atoms with Crippen LogP contribution in [0.1, 0.15) is 5.56 Å². The van der Waals surface area contributed by atoms with Crippen molar-refractivity contribution in [1.29, 1.82) is 0 Å². The number of nitro groups is 1. The van der Waals surface area contributed by atoms with E-state index < -0.39 is 4.92 Å². The smallest absolute Gasteiger partial charge is 0.294 e. The summed E-state index contributed by atoms with van der Waals surface area (Å²) in [5.41, 5.74) is 1.27. The van der Waals surface area contributed by atoms with Gasteiger partial charge in [0.05, 0.1) is 9.95 Å². The Kier molecular flexibility index (Phi) is 5.98. The summed E-state index contributed by atoms with van der Waals surface area (Å²) >= 11 is 12.0. The topological polar surface area (TPSA) is 66.7 Å². The van der Waals surface area contributed by atoms with E-state index in [1.807, 2.05) is 17.0 Å². The van der Waals surface area contributed by atoms with Crippen molar-refractivity contribution in [2.45, 2.75) is 0 Å². The number of carbonyl (C=O) groups is 1. The Morgan fingerprint density at radius 3 is 2.33 bits per heavy atom. The molecule has 0 saturated carbocycles. The molecule has 0 radical (unpaired) electrons. The number of benzene rings is 2. The molecule has 8 heteroatoms. The molecular weight excluding hydrogens is 389 g/mol. The molecule has 0 bridgehead atoms. The summed E-state index contributed by atoms with van der Waals surface area (Å²) in [6.07, 6.45) is 3.26. The number of piperazine rings is 1. The molecule has 1 saturated heterocycles. The van der Waals surface area contributed by atoms with Gasteiger partial charge in [-0.2, -0.15) is 0 Å². The van der Waals surface area contributed by atoms with E-state index in [2.05, 4.69) is 0 Å². The molecule has 0 aromatic heterocycles. The number of halogens is 2. The lowest BCUT2D eigenvalue weighted by Crippen LogP contribution is -2.48. The van der Waals surface area contributed by atoms with E-state index in [9.17, 15) is 14.9 Å². The van der Waals surface area contributed by atoms with Crippen LogP contribution in [0, 0.1) is 10.1 Å². The maximum atomic E-state index is 12.4. The number of carbonyl (C=O) groups excluding carboxylic acids is 1. The summed E-state index contributed by atoms with van der Waals surface area (Å²) in [5.74, 6) is -0.0988. The van der Waals surface area contributed by atoms with Gasteiger partial charge in [0, 0.05) is 43.3 Å². The van der Waals surface area contributed by atoms with Gasteiger partial charge >= 0.3 is 0 Å². The first-order chi connectivity index (χ1) is 13.0. The van der Waals surface area contributed by atoms with E-state index in [1.165, 1.54) is 12.1 Å². The molecule has 0 atom stereocenters. The van der Waals surface area contributed by atoms with Gasteiger partial charge in [-0.1, -0.05) is 41.4 Å². The Hall–Kier alpha value is -2.57. The van der Waals surface area contributed by atoms with Crippen molar-refractivity contribution in [2.24, 2.45) is 0 Å². The summed E-state index contributed by atoms with van der Waals surface area (Å²) in [4.78, 5) is 26.8. The van der Waals surface area contributed by atoms with Crippen LogP contribution < -0.4 is 4.90 Å². The second-order valence-electron chi connectivity index (χ2n) is 6.06. The van der Waals surface area contributed by atoms with Crippen molar-refractivity contribution >= 4 is 46.6 Å². The van der Waals surface area contributed by atoms with Crippen molar-refractivity contribution in [1.82, 2.24) is 4.90 Å². The lowest BCUT2D eigenvalue weighted by atomic mass is 10.2. The van der Waals surface area contributed by atoms with Crippen LogP contribution in [0.15, 0.2) is 48.5 Å². The minimum atomic E-state index is -0.437. The number of nitrogens with zero attached hydrogens (tertiary/aromatic N) is 3. The van der Waals surface area contributed by atoms with Crippen LogP contribution in [0.3, 0.4) is 0 Å². The van der Waals surface area contributed by atoms with Crippen molar-refractivity contribution in [3.05, 3.63) is 74.3 Å². The van der Waals surface area contributed by atoms with Crippen LogP contribution in [0.5, 0.6) is 0 Å². The molecule has 1 heterocycles. The Morgan fingerprint density at radius 2 is 1.70 bits per heavy atom. The van der Waals surface area contributed by atoms with Gasteiger partial charge in [0.2, 0.25) is 5.91 Å². The lowest BCUT2D eigenvalue weighted by molar-refractivity contribution is -0.384. The van der Waals surface area contributed by atoms with E-state index >= 15 is 0 Å². The molecule has 1 aliphatic heterocycles. The van der Waals surface area contributed by atoms with E-state index in [0.29, 0.717) is 41.9 Å². The van der Waals surface area contributed by atoms with Crippen LogP contribution in [0.2, 0.25) is 10.0 Å². The van der Waals surface area contributed by atoms with E-state index in [1.54, 1.807) is 35.2 Å². The molecule has 3 rings (SSSR count). The number of hydrogen-bond acceptors (Lipinski definition) is 4. The normalized spacial score (nSPS) is 14.6. The van der Waals surface area contributed by atoms with Crippen molar-refractivity contribution in [3.8, 4) is 0 Å². The number of rotatable bonds is 4. The molecular formula is C19H17Cl2N3O3. The third-order valence-corrected chi connectivity index (χ3v) is 4.92. The van der Waals surface area contributed by atoms with Gasteiger partial charge in [0.15, 0.2) is 0 Å². The molecule has 140 valence electrons. The van der Waals surface area contributed by atoms with Crippen LogP contribution in [0.4, 0.5) is 11.4 Å². The molecule has 0 unspecified atom stereocenters. The van der Waals surface area contributed by atoms with Gasteiger partial charge in [-0.3, -0.25) is 14.9 Å². The molecule has 6 nitrogen and oxygen atoms in total. The fourth-order valence-corrected chi connectivity index (χ4v) is 3.38. The number of amides is 1. The average molecular weight is 406 g/mol. The minimum absolute atomic E-state index is 0.0232. The predicted octanol–water partition coefficient (Wildman–Crippen LogP) is 4.26. The molecule has 1 amide bonds. The SMILES string of the molecule is O=C(/C=C/c1ccc(Cl)cc1)N1CCN(c2c(Cl)cccc2[N+](=O)[O-])CC1. The number of hydrogen-bond donors (Lipinski definition) is 0. The highest BCUT2D eigenvalue weighted by Gasteiger charge is 2.27. The Balaban J connectivity index is 1.65. The third-order valence-electron chi connectivity index (χ3n) is 4.36. The molecule has 2 aromatic rings. The zero-order chi connectivity index (χ0) is 19.4. The van der Waals surface area contributed by atoms with Gasteiger partial charge < -0.3 is 9.80 Å². The summed E-state index contributed by atoms with van der Waals surface area (Å²) in [5, 5.41) is 12.2. The van der Waals surface area contributed by atoms with Crippen molar-refractivity contribution in [2.75, 3.05) is 31.1 Å². The number of para-hydroxylation sites is 1. The zero-order valence-corrected chi connectivity index (χ0v) is 15.9. The third kappa shape index (κ3) is 4.59. The lowest BCUT2D eigenvalue weighted by Gasteiger charge is -2.35. The fraction of sp³-hybridized carbons (Fsp3) is 0.211. The minimum Gasteiger partial charge on any atom is -0.361 e. The first-order valence-corrected chi connectivity index (χ1v) is 9.11. The summed E-state index contributed by atoms with van der Waals surface area (Å²) in [7, 11) is 0. The Labute approximate surface area is 166 Å². The maximum absolute atomic E-state index is 12.4. The van der Waals surface area contributed by atoms with Crippen LogP contribution in [-0.4, -0.2) is 41.9 Å². The molecule has 1 fully saturated rings. The molecule has 0 spiro atoms. The zero-order valence-electron chi connectivity index (χ0n) is 14.3.